The number of nitrogens with two attached hydrogens (primary N) is 1. The Morgan fingerprint density at radius 2 is 1.46 bits per heavy atom. The third-order valence-electron chi connectivity index (χ3n) is 8.39. The monoisotopic (exact) mass is 750 g/mol. The number of aryl methyl sites for hydroxylation is 3. The van der Waals surface area contributed by atoms with Crippen molar-refractivity contribution in [2.75, 3.05) is 20.6 Å². The van der Waals surface area contributed by atoms with Crippen LogP contribution in [0.25, 0.3) is 11.1 Å². The number of alkyl halides is 6. The van der Waals surface area contributed by atoms with Crippen LogP contribution in [0.2, 0.25) is 0 Å². The Hall–Kier alpha value is -4.41. The van der Waals surface area contributed by atoms with Gasteiger partial charge in [0.05, 0.1) is 16.8 Å². The Labute approximate surface area is 293 Å². The average molecular weight is 751 g/mol. The van der Waals surface area contributed by atoms with E-state index in [1.807, 2.05) is 0 Å². The van der Waals surface area contributed by atoms with Gasteiger partial charge in [-0.25, -0.2) is 17.9 Å². The molecule has 2 aromatic carbocycles. The number of rotatable bonds is 18. The number of carbonyl (C=O) groups is 2. The van der Waals surface area contributed by atoms with E-state index in [2.05, 4.69) is 5.10 Å². The molecule has 0 bridgehead atoms. The molecule has 0 spiro atoms. The summed E-state index contributed by atoms with van der Waals surface area (Å²) in [5.74, 6) is -6.22. The number of carbonyl (C=O) groups excluding carboxylic acids is 1. The van der Waals surface area contributed by atoms with Gasteiger partial charge in [-0.2, -0.15) is 31.4 Å². The molecule has 1 aromatic heterocycles. The summed E-state index contributed by atoms with van der Waals surface area (Å²) in [4.78, 5) is 37.7. The molecule has 17 heteroatoms. The highest BCUT2D eigenvalue weighted by Gasteiger charge is 2.37. The molecule has 0 aliphatic carbocycles. The van der Waals surface area contributed by atoms with E-state index in [1.54, 1.807) is 19.0 Å². The van der Waals surface area contributed by atoms with Gasteiger partial charge in [0.25, 0.3) is 5.56 Å². The summed E-state index contributed by atoms with van der Waals surface area (Å²) in [5.41, 5.74) is -0.291. The number of hydrogen-bond acceptors (Lipinski definition) is 5. The minimum Gasteiger partial charge on any atom is -0.481 e. The first-order chi connectivity index (χ1) is 24.2. The maximum Gasteiger partial charge on any atom is 0.419 e. The first-order valence-corrected chi connectivity index (χ1v) is 16.4. The number of carboxylic acids is 1. The van der Waals surface area contributed by atoms with Gasteiger partial charge >= 0.3 is 18.3 Å². The smallest absolute Gasteiger partial charge is 0.419 e. The second kappa shape index (κ2) is 17.9. The minimum absolute atomic E-state index is 0.00141. The van der Waals surface area contributed by atoms with Gasteiger partial charge in [-0.15, -0.1) is 0 Å². The highest BCUT2D eigenvalue weighted by Crippen LogP contribution is 2.39. The van der Waals surface area contributed by atoms with Crippen LogP contribution < -0.4 is 11.3 Å². The van der Waals surface area contributed by atoms with E-state index in [1.165, 1.54) is 0 Å². The van der Waals surface area contributed by atoms with Crippen molar-refractivity contribution in [3.63, 3.8) is 0 Å². The zero-order valence-electron chi connectivity index (χ0n) is 28.4. The second-order valence-electron chi connectivity index (χ2n) is 12.7. The van der Waals surface area contributed by atoms with Gasteiger partial charge in [0.2, 0.25) is 5.91 Å². The summed E-state index contributed by atoms with van der Waals surface area (Å²) >= 11 is 0. The van der Waals surface area contributed by atoms with Crippen LogP contribution in [0.4, 0.5) is 39.5 Å². The highest BCUT2D eigenvalue weighted by atomic mass is 19.4. The summed E-state index contributed by atoms with van der Waals surface area (Å²) in [6.07, 6.45) is -9.17. The number of carboxylic acid groups (broad SMARTS) is 1. The molecule has 1 amide bonds. The first-order valence-electron chi connectivity index (χ1n) is 16.4. The molecule has 0 radical (unpaired) electrons. The lowest BCUT2D eigenvalue weighted by molar-refractivity contribution is -0.140. The Morgan fingerprint density at radius 1 is 0.827 bits per heavy atom. The van der Waals surface area contributed by atoms with Gasteiger partial charge in [0.15, 0.2) is 0 Å². The van der Waals surface area contributed by atoms with E-state index in [-0.39, 0.29) is 36.1 Å². The predicted molar refractivity (Wildman–Crippen MR) is 173 cm³/mol. The van der Waals surface area contributed by atoms with Crippen molar-refractivity contribution in [1.29, 1.82) is 0 Å². The molecule has 0 saturated carbocycles. The van der Waals surface area contributed by atoms with E-state index >= 15 is 4.39 Å². The molecular weight excluding hydrogens is 711 g/mol. The zero-order chi connectivity index (χ0) is 39.0. The van der Waals surface area contributed by atoms with Crippen molar-refractivity contribution >= 4 is 11.9 Å². The van der Waals surface area contributed by atoms with Gasteiger partial charge in [0.1, 0.15) is 23.5 Å². The fourth-order valence-corrected chi connectivity index (χ4v) is 5.90. The lowest BCUT2D eigenvalue weighted by atomic mass is 9.91. The van der Waals surface area contributed by atoms with Crippen LogP contribution in [-0.2, 0) is 41.2 Å². The SMILES string of the molecule is CN(C)CCCc1nn(C(CCCCCCCc2cc(F)cc(F)c2-c2cc(CCC(=O)O)c(F)c(C(F)(F)F)c2)C(N)=O)c(=O)cc1C(F)(F)F. The number of nitrogens with zero attached hydrogens (tertiary/aromatic N) is 3. The highest BCUT2D eigenvalue weighted by molar-refractivity contribution is 5.78. The van der Waals surface area contributed by atoms with Crippen LogP contribution in [0.1, 0.15) is 85.4 Å². The molecule has 1 atom stereocenters. The summed E-state index contributed by atoms with van der Waals surface area (Å²) in [6, 6.07) is 1.84. The number of unbranched alkanes of at least 4 members (excludes halogenated alkanes) is 4. The number of hydrogen-bond donors (Lipinski definition) is 2. The Balaban J connectivity index is 1.72. The van der Waals surface area contributed by atoms with Crippen molar-refractivity contribution in [2.24, 2.45) is 5.73 Å². The molecule has 0 saturated heterocycles. The van der Waals surface area contributed by atoms with Gasteiger partial charge in [-0.3, -0.25) is 14.4 Å². The van der Waals surface area contributed by atoms with E-state index < -0.39 is 88.4 Å². The maximum absolute atomic E-state index is 15.1. The zero-order valence-corrected chi connectivity index (χ0v) is 28.4. The van der Waals surface area contributed by atoms with Crippen molar-refractivity contribution in [1.82, 2.24) is 14.7 Å². The van der Waals surface area contributed by atoms with Crippen molar-refractivity contribution in [3.8, 4) is 11.1 Å². The standard InChI is InChI=1S/C35H39F9N4O4/c1-47(2)14-8-10-27-24(34(39,40)41)19-29(49)48(46-27)28(33(45)52)11-7-5-3-4-6-9-20-16-23(36)18-26(37)31(20)22-15-21(12-13-30(50)51)32(38)25(17-22)35(42,43)44/h15-19,28H,3-14H2,1-2H3,(H2,45,52)(H,50,51). The van der Waals surface area contributed by atoms with Crippen LogP contribution in [-0.4, -0.2) is 52.3 Å². The average Bonchev–Trinajstić information content (AvgIpc) is 3.01. The van der Waals surface area contributed by atoms with E-state index in [9.17, 15) is 49.5 Å². The molecule has 8 nitrogen and oxygen atoms in total. The van der Waals surface area contributed by atoms with E-state index in [0.29, 0.717) is 68.0 Å². The molecule has 0 aliphatic heterocycles. The van der Waals surface area contributed by atoms with Crippen LogP contribution >= 0.6 is 0 Å². The van der Waals surface area contributed by atoms with Crippen molar-refractivity contribution in [2.45, 2.75) is 89.0 Å². The predicted octanol–water partition coefficient (Wildman–Crippen LogP) is 7.49. The van der Waals surface area contributed by atoms with Crippen molar-refractivity contribution < 1.29 is 54.2 Å². The summed E-state index contributed by atoms with van der Waals surface area (Å²) in [5, 5.41) is 12.9. The van der Waals surface area contributed by atoms with Crippen LogP contribution in [0.15, 0.2) is 35.1 Å². The molecule has 3 N–H and O–H groups in total. The fourth-order valence-electron chi connectivity index (χ4n) is 5.90. The number of halogens is 9. The first kappa shape index (κ1) is 42.0. The topological polar surface area (TPSA) is 119 Å². The largest absolute Gasteiger partial charge is 0.481 e. The number of amides is 1. The lowest BCUT2D eigenvalue weighted by Gasteiger charge is -2.19. The minimum atomic E-state index is -5.19. The number of aliphatic carboxylic acids is 1. The maximum atomic E-state index is 15.1. The van der Waals surface area contributed by atoms with Gasteiger partial charge in [-0.1, -0.05) is 25.7 Å². The van der Waals surface area contributed by atoms with Gasteiger partial charge in [0, 0.05) is 24.1 Å². The molecule has 1 heterocycles. The van der Waals surface area contributed by atoms with Crippen LogP contribution in [0.5, 0.6) is 0 Å². The summed E-state index contributed by atoms with van der Waals surface area (Å²) < 4.78 is 127. The van der Waals surface area contributed by atoms with Crippen LogP contribution in [0.3, 0.4) is 0 Å². The lowest BCUT2D eigenvalue weighted by Crippen LogP contribution is -2.37. The molecule has 0 fully saturated rings. The van der Waals surface area contributed by atoms with E-state index in [0.717, 1.165) is 12.1 Å². The Bertz CT molecular complexity index is 1790. The van der Waals surface area contributed by atoms with Gasteiger partial charge in [-0.05, 0) is 94.1 Å². The summed E-state index contributed by atoms with van der Waals surface area (Å²) in [6.45, 7) is 0.452. The van der Waals surface area contributed by atoms with E-state index in [4.69, 9.17) is 10.8 Å². The second-order valence-corrected chi connectivity index (χ2v) is 12.7. The van der Waals surface area contributed by atoms with Crippen molar-refractivity contribution in [3.05, 3.63) is 86.1 Å². The normalized spacial score (nSPS) is 12.8. The number of benzene rings is 2. The van der Waals surface area contributed by atoms with Crippen LogP contribution in [0, 0.1) is 17.5 Å². The molecule has 1 unspecified atom stereocenters. The Morgan fingerprint density at radius 3 is 2.06 bits per heavy atom. The quantitative estimate of drug-likeness (QED) is 0.103. The Kier molecular flexibility index (Phi) is 14.4. The molecule has 286 valence electrons. The number of primary amides is 1. The molecule has 3 rings (SSSR count). The molecule has 52 heavy (non-hydrogen) atoms. The fraction of sp³-hybridized carbons (Fsp3) is 0.486. The molecular formula is C35H39F9N4O4. The third-order valence-corrected chi connectivity index (χ3v) is 8.39. The summed E-state index contributed by atoms with van der Waals surface area (Å²) in [7, 11) is 3.49. The molecule has 0 aliphatic rings. The third kappa shape index (κ3) is 11.5. The van der Waals surface area contributed by atoms with Gasteiger partial charge < -0.3 is 15.7 Å². The molecule has 3 aromatic rings. The number of aromatic nitrogens is 2.